The third-order valence-electron chi connectivity index (χ3n) is 3.15. The number of nitrogens with one attached hydrogen (secondary N) is 1. The Hall–Kier alpha value is -2.81. The molecule has 0 fully saturated rings. The number of thiophene rings is 1. The summed E-state index contributed by atoms with van der Waals surface area (Å²) in [4.78, 5) is 16.3. The lowest BCUT2D eigenvalue weighted by molar-refractivity contribution is -0.274. The molecule has 25 heavy (non-hydrogen) atoms. The maximum absolute atomic E-state index is 12.2. The summed E-state index contributed by atoms with van der Waals surface area (Å²) in [5.74, 6) is 0.152. The van der Waals surface area contributed by atoms with Crippen LogP contribution in [0.2, 0.25) is 0 Å². The fourth-order valence-corrected chi connectivity index (χ4v) is 3.08. The molecule has 9 heteroatoms. The number of fused-ring (bicyclic) bond motifs is 1. The summed E-state index contributed by atoms with van der Waals surface area (Å²) in [6.45, 7) is 0. The molecular formula is C16H11F3N2O3S. The number of benzene rings is 1. The van der Waals surface area contributed by atoms with E-state index in [-0.39, 0.29) is 11.7 Å². The van der Waals surface area contributed by atoms with E-state index < -0.39 is 6.36 Å². The number of carbonyl (C=O) groups excluding carboxylic acids is 1. The largest absolute Gasteiger partial charge is 0.573 e. The molecule has 3 aromatic rings. The highest BCUT2D eigenvalue weighted by Gasteiger charge is 2.31. The van der Waals surface area contributed by atoms with Crippen LogP contribution in [-0.4, -0.2) is 24.3 Å². The molecule has 1 N–H and O–H groups in total. The molecule has 2 heterocycles. The molecule has 0 unspecified atom stereocenters. The summed E-state index contributed by atoms with van der Waals surface area (Å²) in [6, 6.07) is 6.69. The number of pyridine rings is 1. The highest BCUT2D eigenvalue weighted by Crippen LogP contribution is 2.35. The van der Waals surface area contributed by atoms with E-state index in [1.165, 1.54) is 36.7 Å². The third kappa shape index (κ3) is 4.00. The number of alkyl halides is 3. The van der Waals surface area contributed by atoms with Gasteiger partial charge in [-0.25, -0.2) is 0 Å². The summed E-state index contributed by atoms with van der Waals surface area (Å²) in [6.07, 6.45) is -1.66. The molecule has 3 rings (SSSR count). The van der Waals surface area contributed by atoms with Crippen LogP contribution in [0.5, 0.6) is 17.2 Å². The highest BCUT2D eigenvalue weighted by molar-refractivity contribution is 7.20. The minimum Gasteiger partial charge on any atom is -0.455 e. The van der Waals surface area contributed by atoms with Gasteiger partial charge in [0.05, 0.1) is 15.8 Å². The smallest absolute Gasteiger partial charge is 0.455 e. The molecule has 130 valence electrons. The van der Waals surface area contributed by atoms with Gasteiger partial charge in [0.25, 0.3) is 5.91 Å². The first-order valence-electron chi connectivity index (χ1n) is 6.99. The van der Waals surface area contributed by atoms with Crippen molar-refractivity contribution in [1.82, 2.24) is 10.3 Å². The zero-order chi connectivity index (χ0) is 18.0. The Morgan fingerprint density at radius 3 is 2.48 bits per heavy atom. The zero-order valence-electron chi connectivity index (χ0n) is 12.8. The molecular weight excluding hydrogens is 357 g/mol. The van der Waals surface area contributed by atoms with Crippen molar-refractivity contribution in [3.05, 3.63) is 47.6 Å². The van der Waals surface area contributed by atoms with Gasteiger partial charge in [0.15, 0.2) is 5.75 Å². The molecule has 0 radical (unpaired) electrons. The quantitative estimate of drug-likeness (QED) is 0.744. The Morgan fingerprint density at radius 1 is 1.16 bits per heavy atom. The highest BCUT2D eigenvalue weighted by atomic mass is 32.1. The molecule has 5 nitrogen and oxygen atoms in total. The van der Waals surface area contributed by atoms with Gasteiger partial charge in [-0.05, 0) is 30.3 Å². The molecule has 0 aliphatic rings. The van der Waals surface area contributed by atoms with Gasteiger partial charge >= 0.3 is 6.36 Å². The van der Waals surface area contributed by atoms with Gasteiger partial charge in [-0.15, -0.1) is 24.5 Å². The minimum absolute atomic E-state index is 0.221. The van der Waals surface area contributed by atoms with E-state index in [2.05, 4.69) is 15.0 Å². The number of hydrogen-bond donors (Lipinski definition) is 1. The first-order chi connectivity index (χ1) is 11.9. The normalized spacial score (nSPS) is 11.4. The summed E-state index contributed by atoms with van der Waals surface area (Å²) in [7, 11) is 1.53. The second-order valence-corrected chi connectivity index (χ2v) is 5.94. The standard InChI is InChI=1S/C16H11F3N2O3S/c1-20-15(22)13-6-11-12(7-21-8-14(11)25-13)23-9-2-4-10(5-3-9)24-16(17,18)19/h2-8H,1H3,(H,20,22). The lowest BCUT2D eigenvalue weighted by Gasteiger charge is -2.10. The van der Waals surface area contributed by atoms with Gasteiger partial charge in [-0.1, -0.05) is 0 Å². The lowest BCUT2D eigenvalue weighted by atomic mass is 10.2. The third-order valence-corrected chi connectivity index (χ3v) is 4.21. The van der Waals surface area contributed by atoms with Crippen LogP contribution in [0.4, 0.5) is 13.2 Å². The van der Waals surface area contributed by atoms with Crippen LogP contribution in [0, 0.1) is 0 Å². The molecule has 0 atom stereocenters. The first kappa shape index (κ1) is 17.0. The Bertz CT molecular complexity index is 907. The van der Waals surface area contributed by atoms with E-state index in [4.69, 9.17) is 4.74 Å². The molecule has 0 saturated heterocycles. The number of nitrogens with zero attached hydrogens (tertiary/aromatic N) is 1. The van der Waals surface area contributed by atoms with Crippen LogP contribution < -0.4 is 14.8 Å². The predicted molar refractivity (Wildman–Crippen MR) is 86.2 cm³/mol. The van der Waals surface area contributed by atoms with Crippen molar-refractivity contribution in [3.63, 3.8) is 0 Å². The number of hydrogen-bond acceptors (Lipinski definition) is 5. The van der Waals surface area contributed by atoms with Gasteiger partial charge in [-0.3, -0.25) is 9.78 Å². The SMILES string of the molecule is CNC(=O)c1cc2c(Oc3ccc(OC(F)(F)F)cc3)cncc2s1. The van der Waals surface area contributed by atoms with Crippen LogP contribution in [-0.2, 0) is 0 Å². The second kappa shape index (κ2) is 6.60. The van der Waals surface area contributed by atoms with Gasteiger partial charge in [0.1, 0.15) is 11.5 Å². The van der Waals surface area contributed by atoms with Gasteiger partial charge in [0, 0.05) is 18.6 Å². The number of aromatic nitrogens is 1. The Balaban J connectivity index is 1.85. The summed E-state index contributed by atoms with van der Waals surface area (Å²) in [5.41, 5.74) is 0. The van der Waals surface area contributed by atoms with Crippen LogP contribution in [0.15, 0.2) is 42.7 Å². The molecule has 0 saturated carbocycles. The van der Waals surface area contributed by atoms with E-state index in [0.717, 1.165) is 16.8 Å². The summed E-state index contributed by atoms with van der Waals surface area (Å²) >= 11 is 1.26. The molecule has 0 spiro atoms. The predicted octanol–water partition coefficient (Wildman–Crippen LogP) is 4.35. The van der Waals surface area contributed by atoms with Crippen LogP contribution in [0.25, 0.3) is 10.1 Å². The first-order valence-corrected chi connectivity index (χ1v) is 7.80. The van der Waals surface area contributed by atoms with Crippen LogP contribution >= 0.6 is 11.3 Å². The number of carbonyl (C=O) groups is 1. The maximum Gasteiger partial charge on any atom is 0.573 e. The van der Waals surface area contributed by atoms with Crippen LogP contribution in [0.3, 0.4) is 0 Å². The van der Waals surface area contributed by atoms with E-state index >= 15 is 0 Å². The number of halogens is 3. The van der Waals surface area contributed by atoms with Crippen molar-refractivity contribution in [2.75, 3.05) is 7.05 Å². The molecule has 0 aliphatic heterocycles. The zero-order valence-corrected chi connectivity index (χ0v) is 13.6. The summed E-state index contributed by atoms with van der Waals surface area (Å²) < 4.78 is 46.7. The van der Waals surface area contributed by atoms with E-state index in [9.17, 15) is 18.0 Å². The number of amides is 1. The average molecular weight is 368 g/mol. The molecule has 2 aromatic heterocycles. The second-order valence-electron chi connectivity index (χ2n) is 4.86. The van der Waals surface area contributed by atoms with Crippen molar-refractivity contribution in [3.8, 4) is 17.2 Å². The molecule has 0 aliphatic carbocycles. The van der Waals surface area contributed by atoms with Crippen LogP contribution in [0.1, 0.15) is 9.67 Å². The fourth-order valence-electron chi connectivity index (χ4n) is 2.09. The van der Waals surface area contributed by atoms with Gasteiger partial charge in [-0.2, -0.15) is 0 Å². The van der Waals surface area contributed by atoms with E-state index in [1.807, 2.05) is 0 Å². The van der Waals surface area contributed by atoms with Crippen molar-refractivity contribution in [2.24, 2.45) is 0 Å². The number of ether oxygens (including phenoxy) is 2. The maximum atomic E-state index is 12.2. The Kier molecular flexibility index (Phi) is 4.49. The molecule has 1 amide bonds. The Labute approximate surface area is 144 Å². The fraction of sp³-hybridized carbons (Fsp3) is 0.125. The van der Waals surface area contributed by atoms with E-state index in [0.29, 0.717) is 21.8 Å². The Morgan fingerprint density at radius 2 is 1.84 bits per heavy atom. The van der Waals surface area contributed by atoms with Crippen molar-refractivity contribution >= 4 is 27.3 Å². The minimum atomic E-state index is -4.75. The van der Waals surface area contributed by atoms with Gasteiger partial charge < -0.3 is 14.8 Å². The monoisotopic (exact) mass is 368 g/mol. The van der Waals surface area contributed by atoms with Crippen molar-refractivity contribution in [2.45, 2.75) is 6.36 Å². The molecule has 1 aromatic carbocycles. The van der Waals surface area contributed by atoms with Crippen molar-refractivity contribution in [1.29, 1.82) is 0 Å². The lowest BCUT2D eigenvalue weighted by Crippen LogP contribution is -2.16. The topological polar surface area (TPSA) is 60.5 Å². The summed E-state index contributed by atoms with van der Waals surface area (Å²) in [5, 5.41) is 3.23. The van der Waals surface area contributed by atoms with Gasteiger partial charge in [0.2, 0.25) is 0 Å². The van der Waals surface area contributed by atoms with E-state index in [1.54, 1.807) is 12.3 Å². The van der Waals surface area contributed by atoms with Crippen molar-refractivity contribution < 1.29 is 27.4 Å². The molecule has 0 bridgehead atoms. The average Bonchev–Trinajstić information content (AvgIpc) is 3.00. The number of rotatable bonds is 4.